The van der Waals surface area contributed by atoms with Crippen LogP contribution in [0.15, 0.2) is 24.5 Å². The van der Waals surface area contributed by atoms with Crippen LogP contribution in [0, 0.1) is 13.8 Å². The number of aromatic nitrogens is 3. The highest BCUT2D eigenvalue weighted by Gasteiger charge is 2.28. The lowest BCUT2D eigenvalue weighted by Crippen LogP contribution is -2.39. The molecule has 2 heterocycles. The SMILES string of the molecule is Cc1ccc(C(=O)N2CCCC(c3nncn3C)C2)cc1C. The average molecular weight is 298 g/mol. The highest BCUT2D eigenvalue weighted by Crippen LogP contribution is 2.26. The highest BCUT2D eigenvalue weighted by molar-refractivity contribution is 5.94. The van der Waals surface area contributed by atoms with Gasteiger partial charge in [-0.25, -0.2) is 0 Å². The second-order valence-electron chi connectivity index (χ2n) is 6.19. The van der Waals surface area contributed by atoms with Crippen molar-refractivity contribution < 1.29 is 4.79 Å². The minimum Gasteiger partial charge on any atom is -0.338 e. The molecular weight excluding hydrogens is 276 g/mol. The number of rotatable bonds is 2. The van der Waals surface area contributed by atoms with Crippen molar-refractivity contribution in [1.82, 2.24) is 19.7 Å². The van der Waals surface area contributed by atoms with E-state index in [-0.39, 0.29) is 11.8 Å². The first-order valence-corrected chi connectivity index (χ1v) is 7.76. The van der Waals surface area contributed by atoms with Crippen LogP contribution in [-0.2, 0) is 7.05 Å². The van der Waals surface area contributed by atoms with Gasteiger partial charge in [-0.1, -0.05) is 6.07 Å². The number of hydrogen-bond donors (Lipinski definition) is 0. The van der Waals surface area contributed by atoms with Crippen molar-refractivity contribution in [2.24, 2.45) is 7.05 Å². The smallest absolute Gasteiger partial charge is 0.253 e. The number of benzene rings is 1. The van der Waals surface area contributed by atoms with Crippen molar-refractivity contribution in [3.8, 4) is 0 Å². The fourth-order valence-corrected chi connectivity index (χ4v) is 3.09. The summed E-state index contributed by atoms with van der Waals surface area (Å²) in [5.41, 5.74) is 3.15. The number of aryl methyl sites for hydroxylation is 3. The molecule has 1 atom stereocenters. The Bertz CT molecular complexity index is 692. The van der Waals surface area contributed by atoms with Crippen molar-refractivity contribution in [3.05, 3.63) is 47.0 Å². The van der Waals surface area contributed by atoms with Crippen LogP contribution in [0.2, 0.25) is 0 Å². The Morgan fingerprint density at radius 2 is 2.09 bits per heavy atom. The van der Waals surface area contributed by atoms with Gasteiger partial charge in [0.05, 0.1) is 0 Å². The van der Waals surface area contributed by atoms with E-state index in [1.54, 1.807) is 6.33 Å². The zero-order valence-electron chi connectivity index (χ0n) is 13.4. The van der Waals surface area contributed by atoms with Crippen molar-refractivity contribution in [2.75, 3.05) is 13.1 Å². The topological polar surface area (TPSA) is 51.0 Å². The van der Waals surface area contributed by atoms with Gasteiger partial charge in [-0.05, 0) is 49.9 Å². The van der Waals surface area contributed by atoms with Gasteiger partial charge in [0.15, 0.2) is 0 Å². The number of hydrogen-bond acceptors (Lipinski definition) is 3. The van der Waals surface area contributed by atoms with Gasteiger partial charge in [-0.3, -0.25) is 4.79 Å². The molecule has 1 aromatic carbocycles. The van der Waals surface area contributed by atoms with Gasteiger partial charge in [-0.2, -0.15) is 0 Å². The Morgan fingerprint density at radius 3 is 2.77 bits per heavy atom. The summed E-state index contributed by atoms with van der Waals surface area (Å²) in [5.74, 6) is 1.37. The van der Waals surface area contributed by atoms with Crippen LogP contribution in [0.3, 0.4) is 0 Å². The Kier molecular flexibility index (Phi) is 3.96. The second kappa shape index (κ2) is 5.91. The highest BCUT2D eigenvalue weighted by atomic mass is 16.2. The third kappa shape index (κ3) is 2.75. The number of likely N-dealkylation sites (tertiary alicyclic amines) is 1. The van der Waals surface area contributed by atoms with E-state index in [1.165, 1.54) is 5.56 Å². The zero-order chi connectivity index (χ0) is 15.7. The number of amides is 1. The molecule has 1 aliphatic rings. The Labute approximate surface area is 131 Å². The lowest BCUT2D eigenvalue weighted by molar-refractivity contribution is 0.0703. The standard InChI is InChI=1S/C17H22N4O/c1-12-6-7-14(9-13(12)2)17(22)21-8-4-5-15(10-21)16-19-18-11-20(16)3/h6-7,9,11,15H,4-5,8,10H2,1-3H3. The molecule has 1 fully saturated rings. The van der Waals surface area contributed by atoms with Gasteiger partial charge in [0.1, 0.15) is 12.2 Å². The van der Waals surface area contributed by atoms with Gasteiger partial charge in [0.25, 0.3) is 5.91 Å². The third-order valence-corrected chi connectivity index (χ3v) is 4.57. The minimum atomic E-state index is 0.120. The fraction of sp³-hybridized carbons (Fsp3) is 0.471. The molecule has 0 saturated carbocycles. The summed E-state index contributed by atoms with van der Waals surface area (Å²) in [6.45, 7) is 5.65. The molecule has 1 amide bonds. The summed E-state index contributed by atoms with van der Waals surface area (Å²) in [6, 6.07) is 5.94. The van der Waals surface area contributed by atoms with Crippen molar-refractivity contribution in [2.45, 2.75) is 32.6 Å². The predicted molar refractivity (Wildman–Crippen MR) is 84.8 cm³/mol. The van der Waals surface area contributed by atoms with Crippen LogP contribution < -0.4 is 0 Å². The molecule has 1 aromatic heterocycles. The first kappa shape index (κ1) is 14.8. The molecule has 0 bridgehead atoms. The molecule has 5 heteroatoms. The maximum atomic E-state index is 12.7. The molecule has 0 N–H and O–H groups in total. The second-order valence-corrected chi connectivity index (χ2v) is 6.19. The molecule has 0 spiro atoms. The van der Waals surface area contributed by atoms with Gasteiger partial charge >= 0.3 is 0 Å². The van der Waals surface area contributed by atoms with Crippen molar-refractivity contribution in [3.63, 3.8) is 0 Å². The molecule has 0 aliphatic carbocycles. The molecule has 0 radical (unpaired) electrons. The lowest BCUT2D eigenvalue weighted by atomic mass is 9.96. The summed E-state index contributed by atoms with van der Waals surface area (Å²) in [4.78, 5) is 14.7. The summed E-state index contributed by atoms with van der Waals surface area (Å²) in [5, 5.41) is 8.16. The van der Waals surface area contributed by atoms with E-state index in [0.29, 0.717) is 0 Å². The largest absolute Gasteiger partial charge is 0.338 e. The van der Waals surface area contributed by atoms with Crippen LogP contribution in [0.5, 0.6) is 0 Å². The minimum absolute atomic E-state index is 0.120. The zero-order valence-corrected chi connectivity index (χ0v) is 13.4. The quantitative estimate of drug-likeness (QED) is 0.855. The number of carbonyl (C=O) groups is 1. The Morgan fingerprint density at radius 1 is 1.27 bits per heavy atom. The molecule has 3 rings (SSSR count). The van der Waals surface area contributed by atoms with Crippen molar-refractivity contribution >= 4 is 5.91 Å². The molecule has 5 nitrogen and oxygen atoms in total. The fourth-order valence-electron chi connectivity index (χ4n) is 3.09. The van der Waals surface area contributed by atoms with Crippen LogP contribution in [0.4, 0.5) is 0 Å². The van der Waals surface area contributed by atoms with Crippen LogP contribution in [-0.4, -0.2) is 38.7 Å². The molecule has 22 heavy (non-hydrogen) atoms. The van der Waals surface area contributed by atoms with E-state index >= 15 is 0 Å². The third-order valence-electron chi connectivity index (χ3n) is 4.57. The summed E-state index contributed by atoms with van der Waals surface area (Å²) in [6.07, 6.45) is 3.79. The molecule has 1 aliphatic heterocycles. The van der Waals surface area contributed by atoms with E-state index < -0.39 is 0 Å². The van der Waals surface area contributed by atoms with E-state index in [0.717, 1.165) is 42.9 Å². The summed E-state index contributed by atoms with van der Waals surface area (Å²) in [7, 11) is 1.96. The monoisotopic (exact) mass is 298 g/mol. The van der Waals surface area contributed by atoms with Gasteiger partial charge in [0, 0.05) is 31.6 Å². The number of nitrogens with zero attached hydrogens (tertiary/aromatic N) is 4. The molecule has 1 saturated heterocycles. The maximum Gasteiger partial charge on any atom is 0.253 e. The van der Waals surface area contributed by atoms with E-state index in [2.05, 4.69) is 17.1 Å². The summed E-state index contributed by atoms with van der Waals surface area (Å²) < 4.78 is 1.95. The first-order chi connectivity index (χ1) is 10.6. The Balaban J connectivity index is 1.78. The number of piperidine rings is 1. The van der Waals surface area contributed by atoms with E-state index in [9.17, 15) is 4.79 Å². The molecule has 116 valence electrons. The lowest BCUT2D eigenvalue weighted by Gasteiger charge is -2.32. The summed E-state index contributed by atoms with van der Waals surface area (Å²) >= 11 is 0. The van der Waals surface area contributed by atoms with Crippen molar-refractivity contribution in [1.29, 1.82) is 0 Å². The maximum absolute atomic E-state index is 12.7. The van der Waals surface area contributed by atoms with Crippen LogP contribution in [0.25, 0.3) is 0 Å². The van der Waals surface area contributed by atoms with Crippen LogP contribution >= 0.6 is 0 Å². The van der Waals surface area contributed by atoms with Crippen LogP contribution in [0.1, 0.15) is 46.1 Å². The average Bonchev–Trinajstić information content (AvgIpc) is 2.95. The van der Waals surface area contributed by atoms with E-state index in [4.69, 9.17) is 0 Å². The molecule has 1 unspecified atom stereocenters. The van der Waals surface area contributed by atoms with Gasteiger partial charge in [0.2, 0.25) is 0 Å². The van der Waals surface area contributed by atoms with Gasteiger partial charge < -0.3 is 9.47 Å². The Hall–Kier alpha value is -2.17. The van der Waals surface area contributed by atoms with Gasteiger partial charge in [-0.15, -0.1) is 10.2 Å². The number of carbonyl (C=O) groups excluding carboxylic acids is 1. The predicted octanol–water partition coefficient (Wildman–Crippen LogP) is 2.45. The van der Waals surface area contributed by atoms with E-state index in [1.807, 2.05) is 41.6 Å². The molecular formula is C17H22N4O. The normalized spacial score (nSPS) is 18.5. The first-order valence-electron chi connectivity index (χ1n) is 7.76. The molecule has 2 aromatic rings.